The number of carbonyl (C=O) groups is 11. The average Bonchev–Trinajstić information content (AvgIpc) is 1.64. The van der Waals surface area contributed by atoms with E-state index in [1.165, 1.54) is 42.1 Å². The number of hydrogen-bond acceptors (Lipinski definition) is 15. The number of primary amides is 1. The number of nitrogens with one attached hydrogen (secondary N) is 13. The fourth-order valence-corrected chi connectivity index (χ4v) is 11.6. The Kier molecular flexibility index (Phi) is 22.5. The monoisotopic (exact) mass is 1290 g/mol. The minimum absolute atomic E-state index is 0.0135. The number of phenolic OH excluding ortho intramolecular Hbond substituents is 1. The number of aliphatic hydroxyl groups excluding tert-OH is 1. The first-order valence-corrected chi connectivity index (χ1v) is 30.9. The van der Waals surface area contributed by atoms with Gasteiger partial charge in [-0.15, -0.1) is 0 Å². The summed E-state index contributed by atoms with van der Waals surface area (Å²) in [5, 5.41) is 46.4. The molecular weight excluding hydrogens is 1210 g/mol. The highest BCUT2D eigenvalue weighted by Gasteiger charge is 2.40. The fourth-order valence-electron chi connectivity index (χ4n) is 11.6. The number of imidazole rings is 2. The van der Waals surface area contributed by atoms with Gasteiger partial charge >= 0.3 is 0 Å². The molecule has 2 aliphatic rings. The van der Waals surface area contributed by atoms with Crippen LogP contribution in [0.4, 0.5) is 0 Å². The molecule has 0 radical (unpaired) electrons. The SMILES string of the molecule is CC(C)C[C@@H](NC(=O)[C@H](Cc1c[nH]cn1)NC(=O)[C@H](CO)NC(=O)[C@H](Cc1c[nH]c2ccccc12)NC(=O)[C@H](Cc1c[nH]cn1)NC(=O)[C@@H]1CCC(=O)N1)C(=O)N[C@@H](Cc1c[nH]c2ccccc12)C(=O)N[C@@H](Cc1ccc(O)cc1)C(=O)N1CCC[C@H]1C(=O)NCC(N)=O. The molecule has 9 atom stereocenters. The lowest BCUT2D eigenvalue weighted by molar-refractivity contribution is -0.142. The number of carbonyl (C=O) groups excluding carboxylic acids is 11. The third kappa shape index (κ3) is 17.8. The second-order valence-corrected chi connectivity index (χ2v) is 23.8. The lowest BCUT2D eigenvalue weighted by Crippen LogP contribution is -2.61. The molecular formula is C64H77N17O13. The number of para-hydroxylation sites is 2. The predicted molar refractivity (Wildman–Crippen MR) is 339 cm³/mol. The maximum absolute atomic E-state index is 15.0. The first kappa shape index (κ1) is 67.5. The zero-order valence-corrected chi connectivity index (χ0v) is 51.7. The molecule has 17 N–H and O–H groups in total. The predicted octanol–water partition coefficient (Wildman–Crippen LogP) is -1.38. The smallest absolute Gasteiger partial charge is 0.246 e. The van der Waals surface area contributed by atoms with Gasteiger partial charge in [0, 0.05) is 91.7 Å². The topological polar surface area (TPSA) is 455 Å². The van der Waals surface area contributed by atoms with Gasteiger partial charge in [0.05, 0.1) is 37.2 Å². The molecule has 11 amide bonds. The lowest BCUT2D eigenvalue weighted by atomic mass is 9.99. The molecule has 0 aliphatic carbocycles. The van der Waals surface area contributed by atoms with E-state index in [0.29, 0.717) is 39.7 Å². The summed E-state index contributed by atoms with van der Waals surface area (Å²) in [5.41, 5.74) is 9.08. The third-order valence-electron chi connectivity index (χ3n) is 16.4. The summed E-state index contributed by atoms with van der Waals surface area (Å²) in [6.07, 6.45) is 9.13. The van der Waals surface area contributed by atoms with Crippen LogP contribution in [0.2, 0.25) is 0 Å². The van der Waals surface area contributed by atoms with Gasteiger partial charge in [-0.2, -0.15) is 0 Å². The number of aromatic amines is 4. The number of aromatic hydroxyl groups is 1. The number of amides is 11. The number of hydrogen-bond donors (Lipinski definition) is 16. The van der Waals surface area contributed by atoms with Crippen molar-refractivity contribution >= 4 is 86.8 Å². The molecule has 9 rings (SSSR count). The molecule has 6 heterocycles. The molecule has 94 heavy (non-hydrogen) atoms. The van der Waals surface area contributed by atoms with Gasteiger partial charge < -0.3 is 88.6 Å². The van der Waals surface area contributed by atoms with Crippen molar-refractivity contribution < 1.29 is 63.0 Å². The Hall–Kier alpha value is -10.9. The van der Waals surface area contributed by atoms with E-state index in [1.807, 2.05) is 24.3 Å². The first-order chi connectivity index (χ1) is 45.2. The van der Waals surface area contributed by atoms with Crippen LogP contribution >= 0.6 is 0 Å². The number of likely N-dealkylation sites (tertiary alicyclic amines) is 1. The molecule has 3 aromatic carbocycles. The fraction of sp³-hybridized carbons (Fsp3) is 0.391. The normalized spacial score (nSPS) is 16.8. The summed E-state index contributed by atoms with van der Waals surface area (Å²) in [7, 11) is 0. The van der Waals surface area contributed by atoms with Gasteiger partial charge in [-0.25, -0.2) is 9.97 Å². The lowest BCUT2D eigenvalue weighted by Gasteiger charge is -2.30. The van der Waals surface area contributed by atoms with Crippen molar-refractivity contribution in [2.45, 2.75) is 132 Å². The van der Waals surface area contributed by atoms with E-state index < -0.39 is 127 Å². The van der Waals surface area contributed by atoms with Gasteiger partial charge in [0.1, 0.15) is 60.1 Å². The van der Waals surface area contributed by atoms with Crippen LogP contribution in [0.1, 0.15) is 74.0 Å². The Morgan fingerprint density at radius 2 is 1.07 bits per heavy atom. The van der Waals surface area contributed by atoms with Crippen LogP contribution in [0.3, 0.4) is 0 Å². The number of benzene rings is 3. The maximum Gasteiger partial charge on any atom is 0.246 e. The number of phenols is 1. The van der Waals surface area contributed by atoms with Crippen molar-refractivity contribution in [2.24, 2.45) is 11.7 Å². The molecule has 2 aliphatic heterocycles. The standard InChI is InChI=1S/C64H77N17O13/c1-34(2)20-46(57(87)75-47(22-36-26-68-43-10-5-3-8-41(36)43)58(88)79-51(21-35-13-15-40(83)16-14-35)64(94)81-19-7-12-53(81)63(93)70-30-54(65)84)74-60(90)50(25-39-29-67-33-72-39)78-62(92)52(31-82)80-59(89)48(23-37-27-69-44-11-6-4-9-42(37)44)76-61(91)49(24-38-28-66-32-71-38)77-56(86)45-17-18-55(85)73-45/h3-6,8-11,13-16,26-29,32-34,45-53,68-69,82-83H,7,12,17-25,30-31H2,1-2H3,(H2,65,84)(H,66,71)(H,67,72)(H,70,93)(H,73,85)(H,74,90)(H,75,87)(H,76,91)(H,77,86)(H,78,92)(H,79,88)(H,80,89)/t45-,46+,47-,48-,49-,50-,51-,52-,53-/m0/s1. The molecule has 0 unspecified atom stereocenters. The molecule has 30 heteroatoms. The van der Waals surface area contributed by atoms with Gasteiger partial charge in [0.2, 0.25) is 65.0 Å². The number of nitrogens with zero attached hydrogens (tertiary/aromatic N) is 3. The van der Waals surface area contributed by atoms with Crippen molar-refractivity contribution in [3.05, 3.63) is 138 Å². The maximum atomic E-state index is 15.0. The molecule has 4 aromatic heterocycles. The molecule has 0 spiro atoms. The van der Waals surface area contributed by atoms with Crippen molar-refractivity contribution in [1.82, 2.24) is 82.7 Å². The number of aromatic nitrogens is 6. The van der Waals surface area contributed by atoms with Crippen molar-refractivity contribution in [1.29, 1.82) is 0 Å². The van der Waals surface area contributed by atoms with Gasteiger partial charge in [-0.05, 0) is 72.6 Å². The summed E-state index contributed by atoms with van der Waals surface area (Å²) in [5.74, 6) is -8.76. The second kappa shape index (κ2) is 31.4. The number of fused-ring (bicyclic) bond motifs is 2. The quantitative estimate of drug-likeness (QED) is 0.0238. The number of H-pyrrole nitrogens is 4. The van der Waals surface area contributed by atoms with Crippen LogP contribution in [-0.4, -0.2) is 184 Å². The van der Waals surface area contributed by atoms with E-state index in [4.69, 9.17) is 5.73 Å². The average molecular weight is 1290 g/mol. The van der Waals surface area contributed by atoms with Crippen LogP contribution < -0.4 is 53.6 Å². The highest BCUT2D eigenvalue weighted by molar-refractivity contribution is 6.00. The van der Waals surface area contributed by atoms with Crippen LogP contribution in [-0.2, 0) is 84.8 Å². The van der Waals surface area contributed by atoms with Gasteiger partial charge in [-0.1, -0.05) is 62.4 Å². The van der Waals surface area contributed by atoms with Gasteiger partial charge in [0.25, 0.3) is 0 Å². The molecule has 2 fully saturated rings. The van der Waals surface area contributed by atoms with E-state index >= 15 is 4.79 Å². The van der Waals surface area contributed by atoms with E-state index in [2.05, 4.69) is 77.8 Å². The van der Waals surface area contributed by atoms with Crippen LogP contribution in [0.15, 0.2) is 110 Å². The number of nitrogens with two attached hydrogens (primary N) is 1. The van der Waals surface area contributed by atoms with E-state index in [9.17, 15) is 58.2 Å². The number of rotatable bonds is 31. The third-order valence-corrected chi connectivity index (χ3v) is 16.4. The minimum Gasteiger partial charge on any atom is -0.508 e. The molecule has 7 aromatic rings. The van der Waals surface area contributed by atoms with Gasteiger partial charge in [-0.3, -0.25) is 52.7 Å². The highest BCUT2D eigenvalue weighted by Crippen LogP contribution is 2.24. The molecule has 30 nitrogen and oxygen atoms in total. The second-order valence-electron chi connectivity index (χ2n) is 23.8. The van der Waals surface area contributed by atoms with E-state index in [-0.39, 0.29) is 87.6 Å². The summed E-state index contributed by atoms with van der Waals surface area (Å²) in [4.78, 5) is 175. The van der Waals surface area contributed by atoms with Crippen molar-refractivity contribution in [2.75, 3.05) is 19.7 Å². The summed E-state index contributed by atoms with van der Waals surface area (Å²) in [6, 6.07) is 8.15. The Balaban J connectivity index is 0.948. The molecule has 0 saturated carbocycles. The zero-order valence-electron chi connectivity index (χ0n) is 51.7. The van der Waals surface area contributed by atoms with Gasteiger partial charge in [0.15, 0.2) is 0 Å². The summed E-state index contributed by atoms with van der Waals surface area (Å²) < 4.78 is 0. The Labute approximate surface area is 538 Å². The van der Waals surface area contributed by atoms with Crippen LogP contribution in [0.5, 0.6) is 5.75 Å². The summed E-state index contributed by atoms with van der Waals surface area (Å²) in [6.45, 7) is 2.24. The van der Waals surface area contributed by atoms with Crippen LogP contribution in [0, 0.1) is 5.92 Å². The van der Waals surface area contributed by atoms with Crippen molar-refractivity contribution in [3.8, 4) is 5.75 Å². The Morgan fingerprint density at radius 3 is 1.57 bits per heavy atom. The Morgan fingerprint density at radius 1 is 0.585 bits per heavy atom. The van der Waals surface area contributed by atoms with Crippen LogP contribution in [0.25, 0.3) is 21.8 Å². The van der Waals surface area contributed by atoms with E-state index in [0.717, 1.165) is 10.9 Å². The van der Waals surface area contributed by atoms with Crippen molar-refractivity contribution in [3.63, 3.8) is 0 Å². The molecule has 0 bridgehead atoms. The first-order valence-electron chi connectivity index (χ1n) is 30.9. The largest absolute Gasteiger partial charge is 0.508 e. The minimum atomic E-state index is -1.77. The molecule has 496 valence electrons. The zero-order chi connectivity index (χ0) is 67.0. The molecule has 2 saturated heterocycles. The van der Waals surface area contributed by atoms with E-state index in [1.54, 1.807) is 62.6 Å². The Bertz CT molecular complexity index is 3850. The summed E-state index contributed by atoms with van der Waals surface area (Å²) >= 11 is 0. The highest BCUT2D eigenvalue weighted by atomic mass is 16.3. The number of aliphatic hydroxyl groups is 1.